The molecular formula is C15H24N2O3S. The van der Waals surface area contributed by atoms with Crippen LogP contribution >= 0.6 is 11.8 Å². The second-order valence-corrected chi connectivity index (χ2v) is 5.99. The van der Waals surface area contributed by atoms with Crippen molar-refractivity contribution in [3.63, 3.8) is 0 Å². The van der Waals surface area contributed by atoms with Crippen LogP contribution in [0.25, 0.3) is 0 Å². The van der Waals surface area contributed by atoms with Crippen molar-refractivity contribution in [1.29, 1.82) is 0 Å². The van der Waals surface area contributed by atoms with E-state index in [0.717, 1.165) is 19.1 Å². The van der Waals surface area contributed by atoms with Crippen molar-refractivity contribution in [3.05, 3.63) is 6.07 Å². The van der Waals surface area contributed by atoms with Gasteiger partial charge < -0.3 is 14.3 Å². The lowest BCUT2D eigenvalue weighted by atomic mass is 10.1. The van der Waals surface area contributed by atoms with Gasteiger partial charge in [-0.15, -0.1) is 0 Å². The van der Waals surface area contributed by atoms with E-state index in [2.05, 4.69) is 16.9 Å². The average molecular weight is 312 g/mol. The molecule has 0 fully saturated rings. The molecule has 118 valence electrons. The highest BCUT2D eigenvalue weighted by Crippen LogP contribution is 2.29. The molecule has 1 heterocycles. The number of hydrogen-bond acceptors (Lipinski definition) is 6. The Morgan fingerprint density at radius 2 is 1.86 bits per heavy atom. The van der Waals surface area contributed by atoms with Crippen LogP contribution in [0.15, 0.2) is 11.2 Å². The predicted molar refractivity (Wildman–Crippen MR) is 84.2 cm³/mol. The van der Waals surface area contributed by atoms with Gasteiger partial charge in [0.2, 0.25) is 11.8 Å². The van der Waals surface area contributed by atoms with Gasteiger partial charge in [0, 0.05) is 11.7 Å². The van der Waals surface area contributed by atoms with E-state index in [1.54, 1.807) is 20.3 Å². The minimum Gasteiger partial charge on any atom is -0.481 e. The van der Waals surface area contributed by atoms with E-state index >= 15 is 0 Å². The second-order valence-electron chi connectivity index (χ2n) is 4.73. The van der Waals surface area contributed by atoms with Crippen LogP contribution in [-0.4, -0.2) is 35.7 Å². The number of carbonyl (C=O) groups excluding carboxylic acids is 1. The minimum atomic E-state index is 0.205. The molecule has 1 aromatic rings. The smallest absolute Gasteiger partial charge is 0.220 e. The summed E-state index contributed by atoms with van der Waals surface area (Å²) in [5, 5.41) is 0.796. The van der Waals surface area contributed by atoms with Crippen molar-refractivity contribution in [3.8, 4) is 11.8 Å². The Kier molecular flexibility index (Phi) is 8.82. The molecule has 1 atom stereocenters. The Morgan fingerprint density at radius 3 is 2.38 bits per heavy atom. The van der Waals surface area contributed by atoms with Gasteiger partial charge in [0.15, 0.2) is 5.16 Å². The van der Waals surface area contributed by atoms with E-state index in [1.807, 2.05) is 0 Å². The van der Waals surface area contributed by atoms with Crippen molar-refractivity contribution in [2.75, 3.05) is 14.2 Å². The van der Waals surface area contributed by atoms with Gasteiger partial charge in [-0.25, -0.2) is 0 Å². The largest absolute Gasteiger partial charge is 0.481 e. The lowest BCUT2D eigenvalue weighted by Gasteiger charge is -2.13. The molecule has 21 heavy (non-hydrogen) atoms. The minimum absolute atomic E-state index is 0.205. The number of rotatable bonds is 11. The molecule has 0 amide bonds. The van der Waals surface area contributed by atoms with Crippen LogP contribution in [-0.2, 0) is 4.79 Å². The third kappa shape index (κ3) is 6.80. The Balaban J connectivity index is 2.66. The quantitative estimate of drug-likeness (QED) is 0.270. The summed E-state index contributed by atoms with van der Waals surface area (Å²) in [6, 6.07) is 1.64. The monoisotopic (exact) mass is 312 g/mol. The van der Waals surface area contributed by atoms with E-state index in [4.69, 9.17) is 9.47 Å². The fourth-order valence-corrected chi connectivity index (χ4v) is 2.97. The van der Waals surface area contributed by atoms with Crippen molar-refractivity contribution in [2.24, 2.45) is 0 Å². The van der Waals surface area contributed by atoms with Gasteiger partial charge in [0.1, 0.15) is 6.29 Å². The molecule has 6 heteroatoms. The molecule has 0 aliphatic carbocycles. The van der Waals surface area contributed by atoms with Gasteiger partial charge in [-0.2, -0.15) is 9.97 Å². The third-order valence-electron chi connectivity index (χ3n) is 3.09. The van der Waals surface area contributed by atoms with Crippen LogP contribution in [0, 0.1) is 0 Å². The Hall–Kier alpha value is -1.30. The molecule has 1 unspecified atom stereocenters. The topological polar surface area (TPSA) is 61.3 Å². The summed E-state index contributed by atoms with van der Waals surface area (Å²) in [5.74, 6) is 0.945. The zero-order valence-corrected chi connectivity index (χ0v) is 13.8. The van der Waals surface area contributed by atoms with E-state index in [9.17, 15) is 4.79 Å². The number of methoxy groups -OCH3 is 2. The van der Waals surface area contributed by atoms with Gasteiger partial charge >= 0.3 is 0 Å². The summed E-state index contributed by atoms with van der Waals surface area (Å²) in [5.41, 5.74) is 0. The van der Waals surface area contributed by atoms with Gasteiger partial charge in [-0.3, -0.25) is 0 Å². The summed E-state index contributed by atoms with van der Waals surface area (Å²) in [7, 11) is 3.12. The van der Waals surface area contributed by atoms with E-state index < -0.39 is 0 Å². The SMILES string of the molecule is CCCCCCC(CC=O)Sc1nc(OC)cc(OC)n1. The van der Waals surface area contributed by atoms with Crippen LogP contribution in [0.5, 0.6) is 11.8 Å². The average Bonchev–Trinajstić information content (AvgIpc) is 2.51. The Labute approximate surface area is 130 Å². The molecule has 0 bridgehead atoms. The number of thioether (sulfide) groups is 1. The molecule has 0 saturated carbocycles. The fourth-order valence-electron chi connectivity index (χ4n) is 1.93. The standard InChI is InChI=1S/C15H24N2O3S/c1-4-5-6-7-8-12(9-10-18)21-15-16-13(19-2)11-14(17-15)20-3/h10-12H,4-9H2,1-3H3. The zero-order chi connectivity index (χ0) is 15.5. The molecule has 0 saturated heterocycles. The maximum absolute atomic E-state index is 10.8. The first-order chi connectivity index (χ1) is 10.2. The van der Waals surface area contributed by atoms with Crippen molar-refractivity contribution in [1.82, 2.24) is 9.97 Å². The van der Waals surface area contributed by atoms with Crippen LogP contribution in [0.4, 0.5) is 0 Å². The van der Waals surface area contributed by atoms with Crippen molar-refractivity contribution in [2.45, 2.75) is 55.9 Å². The predicted octanol–water partition coefficient (Wildman–Crippen LogP) is 3.51. The fraction of sp³-hybridized carbons (Fsp3) is 0.667. The number of carbonyl (C=O) groups is 1. The summed E-state index contributed by atoms with van der Waals surface area (Å²) in [4.78, 5) is 19.4. The highest BCUT2D eigenvalue weighted by Gasteiger charge is 2.14. The van der Waals surface area contributed by atoms with Crippen LogP contribution in [0.3, 0.4) is 0 Å². The van der Waals surface area contributed by atoms with Crippen LogP contribution in [0.2, 0.25) is 0 Å². The molecule has 0 aliphatic rings. The number of aldehydes is 1. The molecule has 0 N–H and O–H groups in total. The third-order valence-corrected chi connectivity index (χ3v) is 4.24. The zero-order valence-electron chi connectivity index (χ0n) is 13.0. The molecule has 0 spiro atoms. The molecule has 5 nitrogen and oxygen atoms in total. The maximum Gasteiger partial charge on any atom is 0.220 e. The molecule has 0 aromatic carbocycles. The normalized spacial score (nSPS) is 12.0. The van der Waals surface area contributed by atoms with Crippen molar-refractivity contribution >= 4 is 18.0 Å². The first kappa shape index (κ1) is 17.8. The number of aromatic nitrogens is 2. The summed E-state index contributed by atoms with van der Waals surface area (Å²) < 4.78 is 10.3. The van der Waals surface area contributed by atoms with Crippen LogP contribution in [0.1, 0.15) is 45.4 Å². The second kappa shape index (κ2) is 10.4. The molecule has 1 aromatic heterocycles. The Morgan fingerprint density at radius 1 is 1.19 bits per heavy atom. The molecule has 0 aliphatic heterocycles. The first-order valence-corrected chi connectivity index (χ1v) is 8.18. The molecular weight excluding hydrogens is 288 g/mol. The number of ether oxygens (including phenoxy) is 2. The Bertz CT molecular complexity index is 407. The van der Waals surface area contributed by atoms with E-state index in [0.29, 0.717) is 23.3 Å². The van der Waals surface area contributed by atoms with Crippen molar-refractivity contribution < 1.29 is 14.3 Å². The molecule has 1 rings (SSSR count). The number of nitrogens with zero attached hydrogens (tertiary/aromatic N) is 2. The van der Waals surface area contributed by atoms with Gasteiger partial charge in [-0.1, -0.05) is 44.4 Å². The summed E-state index contributed by atoms with van der Waals surface area (Å²) >= 11 is 1.52. The first-order valence-electron chi connectivity index (χ1n) is 7.30. The number of hydrogen-bond donors (Lipinski definition) is 0. The lowest BCUT2D eigenvalue weighted by molar-refractivity contribution is -0.107. The van der Waals surface area contributed by atoms with Gasteiger partial charge in [0.05, 0.1) is 20.3 Å². The van der Waals surface area contributed by atoms with Crippen LogP contribution < -0.4 is 9.47 Å². The highest BCUT2D eigenvalue weighted by molar-refractivity contribution is 7.99. The van der Waals surface area contributed by atoms with Gasteiger partial charge in [-0.05, 0) is 6.42 Å². The summed E-state index contributed by atoms with van der Waals surface area (Å²) in [6.45, 7) is 2.19. The number of unbranched alkanes of at least 4 members (excludes halogenated alkanes) is 3. The van der Waals surface area contributed by atoms with E-state index in [-0.39, 0.29) is 5.25 Å². The summed E-state index contributed by atoms with van der Waals surface area (Å²) in [6.07, 6.45) is 7.25. The lowest BCUT2D eigenvalue weighted by Crippen LogP contribution is -2.06. The van der Waals surface area contributed by atoms with Gasteiger partial charge in [0.25, 0.3) is 0 Å². The highest BCUT2D eigenvalue weighted by atomic mass is 32.2. The molecule has 0 radical (unpaired) electrons. The maximum atomic E-state index is 10.8. The van der Waals surface area contributed by atoms with E-state index in [1.165, 1.54) is 31.0 Å².